The van der Waals surface area contributed by atoms with Crippen LogP contribution in [0, 0.1) is 5.41 Å². The number of esters is 2. The van der Waals surface area contributed by atoms with Crippen LogP contribution in [0.1, 0.15) is 41.0 Å². The van der Waals surface area contributed by atoms with Crippen LogP contribution in [0.2, 0.25) is 0 Å². The largest absolute Gasteiger partial charge is 0.472 e. The molecule has 0 radical (unpaired) electrons. The second-order valence-corrected chi connectivity index (χ2v) is 10.5. The summed E-state index contributed by atoms with van der Waals surface area (Å²) >= 11 is 0. The van der Waals surface area contributed by atoms with E-state index in [1.54, 1.807) is 0 Å². The highest BCUT2D eigenvalue weighted by Gasteiger charge is 2.25. The molecular weight excluding hydrogens is 531 g/mol. The van der Waals surface area contributed by atoms with Crippen LogP contribution in [-0.4, -0.2) is 92.6 Å². The van der Waals surface area contributed by atoms with Crippen molar-refractivity contribution in [3.8, 4) is 0 Å². The van der Waals surface area contributed by atoms with E-state index in [1.165, 1.54) is 0 Å². The van der Waals surface area contributed by atoms with Gasteiger partial charge in [-0.05, 0) is 5.41 Å². The van der Waals surface area contributed by atoms with E-state index in [-0.39, 0.29) is 30.8 Å². The molecule has 0 fully saturated rings. The summed E-state index contributed by atoms with van der Waals surface area (Å²) in [6, 6.07) is 0. The molecule has 218 valence electrons. The van der Waals surface area contributed by atoms with Gasteiger partial charge < -0.3 is 35.6 Å². The average Bonchev–Trinajstić information content (AvgIpc) is 2.78. The van der Waals surface area contributed by atoms with Crippen LogP contribution in [0.4, 0.5) is 0 Å². The van der Waals surface area contributed by atoms with Gasteiger partial charge in [0, 0.05) is 26.8 Å². The molecule has 2 unspecified atom stereocenters. The van der Waals surface area contributed by atoms with E-state index in [0.717, 1.165) is 13.8 Å². The maximum absolute atomic E-state index is 11.9. The second kappa shape index (κ2) is 17.4. The lowest BCUT2D eigenvalue weighted by Gasteiger charge is -2.18. The molecule has 0 aliphatic carbocycles. The van der Waals surface area contributed by atoms with Crippen LogP contribution >= 0.6 is 7.82 Å². The van der Waals surface area contributed by atoms with Crippen LogP contribution in [0.3, 0.4) is 0 Å². The van der Waals surface area contributed by atoms with Gasteiger partial charge in [-0.25, -0.2) is 4.57 Å². The molecule has 0 bridgehead atoms. The van der Waals surface area contributed by atoms with Crippen LogP contribution in [-0.2, 0) is 51.9 Å². The number of hydrogen-bond donors (Lipinski definition) is 5. The van der Waals surface area contributed by atoms with E-state index in [2.05, 4.69) is 30.5 Å². The quantitative estimate of drug-likeness (QED) is 0.0769. The molecule has 0 heterocycles. The zero-order valence-corrected chi connectivity index (χ0v) is 23.0. The first kappa shape index (κ1) is 34.9. The lowest BCUT2D eigenvalue weighted by Crippen LogP contribution is -2.44. The smallest absolute Gasteiger partial charge is 0.462 e. The van der Waals surface area contributed by atoms with Gasteiger partial charge in [-0.15, -0.1) is 0 Å². The van der Waals surface area contributed by atoms with Crippen molar-refractivity contribution in [1.82, 2.24) is 21.3 Å². The Balaban J connectivity index is 4.13. The van der Waals surface area contributed by atoms with Crippen molar-refractivity contribution < 1.29 is 56.7 Å². The summed E-state index contributed by atoms with van der Waals surface area (Å²) in [6.45, 7) is 5.05. The van der Waals surface area contributed by atoms with Gasteiger partial charge in [-0.3, -0.25) is 37.8 Å². The summed E-state index contributed by atoms with van der Waals surface area (Å²) in [7, 11) is -4.59. The maximum Gasteiger partial charge on any atom is 0.472 e. The number of ether oxygens (including phenoxy) is 2. The molecular formula is C21H37N4O12P. The summed E-state index contributed by atoms with van der Waals surface area (Å²) in [6.07, 6.45) is -0.904. The van der Waals surface area contributed by atoms with Crippen LogP contribution in [0.15, 0.2) is 0 Å². The Morgan fingerprint density at radius 1 is 0.763 bits per heavy atom. The van der Waals surface area contributed by atoms with Gasteiger partial charge in [0.2, 0.25) is 23.6 Å². The number of carbonyl (C=O) groups is 6. The number of nitrogens with one attached hydrogen (secondary N) is 4. The molecule has 16 nitrogen and oxygen atoms in total. The van der Waals surface area contributed by atoms with Crippen molar-refractivity contribution in [3.05, 3.63) is 0 Å². The van der Waals surface area contributed by atoms with Crippen molar-refractivity contribution in [2.75, 3.05) is 46.0 Å². The Labute approximate surface area is 220 Å². The second-order valence-electron chi connectivity index (χ2n) is 9.05. The van der Waals surface area contributed by atoms with Crippen molar-refractivity contribution in [1.29, 1.82) is 0 Å². The Bertz CT molecular complexity index is 890. The molecule has 2 atom stereocenters. The molecule has 0 saturated heterocycles. The summed E-state index contributed by atoms with van der Waals surface area (Å²) in [5.74, 6) is -3.56. The SMILES string of the molecule is CC(=O)OCC(COP(=O)(O)OCCNC(=O)CNC(=O)CNC(=O)CNC(=O)CC(C)(C)C)OC(C)=O. The monoisotopic (exact) mass is 568 g/mol. The molecule has 0 aromatic carbocycles. The number of rotatable bonds is 17. The van der Waals surface area contributed by atoms with E-state index >= 15 is 0 Å². The van der Waals surface area contributed by atoms with Gasteiger partial charge >= 0.3 is 19.8 Å². The fraction of sp³-hybridized carbons (Fsp3) is 0.714. The van der Waals surface area contributed by atoms with Crippen molar-refractivity contribution in [2.45, 2.75) is 47.1 Å². The highest BCUT2D eigenvalue weighted by atomic mass is 31.2. The van der Waals surface area contributed by atoms with Crippen LogP contribution in [0.5, 0.6) is 0 Å². The Hall–Kier alpha value is -3.07. The minimum Gasteiger partial charge on any atom is -0.462 e. The summed E-state index contributed by atoms with van der Waals surface area (Å²) in [5, 5.41) is 9.32. The standard InChI is InChI=1S/C21H37N4O12P/c1-14(26)34-12-16(37-15(2)27)13-36-38(32,33)35-7-6-22-18(29)9-24-20(31)11-25-19(30)10-23-17(28)8-21(3,4)5/h16H,6-13H2,1-5H3,(H,22,29)(H,23,28)(H,24,31)(H,25,30)(H,32,33). The molecule has 0 aromatic heterocycles. The highest BCUT2D eigenvalue weighted by Crippen LogP contribution is 2.43. The van der Waals surface area contributed by atoms with Crippen molar-refractivity contribution >= 4 is 43.4 Å². The molecule has 4 amide bonds. The van der Waals surface area contributed by atoms with E-state index in [4.69, 9.17) is 9.26 Å². The molecule has 0 aliphatic heterocycles. The van der Waals surface area contributed by atoms with E-state index in [1.807, 2.05) is 20.8 Å². The van der Waals surface area contributed by atoms with Crippen molar-refractivity contribution in [2.24, 2.45) is 5.41 Å². The maximum atomic E-state index is 11.9. The topological polar surface area (TPSA) is 225 Å². The van der Waals surface area contributed by atoms with E-state index in [0.29, 0.717) is 0 Å². The third kappa shape index (κ3) is 21.1. The van der Waals surface area contributed by atoms with E-state index < -0.39 is 76.5 Å². The lowest BCUT2D eigenvalue weighted by molar-refractivity contribution is -0.158. The number of phosphoric ester groups is 1. The summed E-state index contributed by atoms with van der Waals surface area (Å²) in [5.41, 5.74) is -0.234. The first-order valence-corrected chi connectivity index (χ1v) is 13.0. The molecule has 5 N–H and O–H groups in total. The fourth-order valence-electron chi connectivity index (χ4n) is 2.40. The molecule has 38 heavy (non-hydrogen) atoms. The van der Waals surface area contributed by atoms with Gasteiger partial charge in [0.1, 0.15) is 6.61 Å². The Morgan fingerprint density at radius 3 is 1.74 bits per heavy atom. The van der Waals surface area contributed by atoms with Crippen LogP contribution in [0.25, 0.3) is 0 Å². The zero-order valence-electron chi connectivity index (χ0n) is 22.1. The van der Waals surface area contributed by atoms with Crippen LogP contribution < -0.4 is 21.3 Å². The van der Waals surface area contributed by atoms with Gasteiger partial charge in [0.25, 0.3) is 0 Å². The molecule has 0 aromatic rings. The zero-order chi connectivity index (χ0) is 29.4. The fourth-order valence-corrected chi connectivity index (χ4v) is 3.15. The molecule has 17 heteroatoms. The summed E-state index contributed by atoms with van der Waals surface area (Å²) < 4.78 is 30.8. The Morgan fingerprint density at radius 2 is 1.26 bits per heavy atom. The normalized spacial score (nSPS) is 13.3. The number of amides is 4. The minimum atomic E-state index is -4.59. The van der Waals surface area contributed by atoms with Gasteiger partial charge in [0.15, 0.2) is 6.10 Å². The van der Waals surface area contributed by atoms with Crippen molar-refractivity contribution in [3.63, 3.8) is 0 Å². The third-order valence-corrected chi connectivity index (χ3v) is 4.92. The van der Waals surface area contributed by atoms with E-state index in [9.17, 15) is 38.2 Å². The van der Waals surface area contributed by atoms with Gasteiger partial charge in [0.05, 0.1) is 32.8 Å². The lowest BCUT2D eigenvalue weighted by atomic mass is 9.92. The van der Waals surface area contributed by atoms with Gasteiger partial charge in [-0.2, -0.15) is 0 Å². The first-order chi connectivity index (χ1) is 17.5. The predicted molar refractivity (Wildman–Crippen MR) is 130 cm³/mol. The summed E-state index contributed by atoms with van der Waals surface area (Å²) in [4.78, 5) is 78.5. The predicted octanol–water partition coefficient (Wildman–Crippen LogP) is -1.48. The molecule has 0 saturated carbocycles. The minimum absolute atomic E-state index is 0.214. The molecule has 0 rings (SSSR count). The number of phosphoric acid groups is 1. The Kier molecular flexibility index (Phi) is 16.0. The number of carbonyl (C=O) groups excluding carboxylic acids is 6. The highest BCUT2D eigenvalue weighted by molar-refractivity contribution is 7.47. The first-order valence-electron chi connectivity index (χ1n) is 11.5. The molecule has 0 spiro atoms. The number of hydrogen-bond acceptors (Lipinski definition) is 11. The average molecular weight is 569 g/mol. The molecule has 0 aliphatic rings. The van der Waals surface area contributed by atoms with Gasteiger partial charge in [-0.1, -0.05) is 20.8 Å². The third-order valence-electron chi connectivity index (χ3n) is 3.94.